The van der Waals surface area contributed by atoms with Crippen LogP contribution in [-0.4, -0.2) is 4.98 Å². The number of aryl methyl sites for hydroxylation is 1. The first-order valence-corrected chi connectivity index (χ1v) is 6.12. The zero-order chi connectivity index (χ0) is 13.0. The maximum absolute atomic E-state index is 13.4. The molecule has 3 nitrogen and oxygen atoms in total. The quantitative estimate of drug-likeness (QED) is 0.857. The molecule has 2 aromatic rings. The van der Waals surface area contributed by atoms with E-state index in [0.717, 1.165) is 5.69 Å². The van der Waals surface area contributed by atoms with Crippen molar-refractivity contribution >= 4 is 22.6 Å². The number of allylic oxidation sites excluding steroid dienone is 1. The Morgan fingerprint density at radius 3 is 2.89 bits per heavy atom. The summed E-state index contributed by atoms with van der Waals surface area (Å²) in [5, 5.41) is 14.3. The second-order valence-corrected chi connectivity index (χ2v) is 4.45. The lowest BCUT2D eigenvalue weighted by molar-refractivity contribution is 0.632. The highest BCUT2D eigenvalue weighted by molar-refractivity contribution is 7.10. The topological polar surface area (TPSA) is 48.7 Å². The maximum atomic E-state index is 13.4. The number of rotatable bonds is 3. The van der Waals surface area contributed by atoms with Crippen molar-refractivity contribution in [1.29, 1.82) is 5.26 Å². The minimum Gasteiger partial charge on any atom is -0.358 e. The predicted molar refractivity (Wildman–Crippen MR) is 70.5 cm³/mol. The number of nitrogens with one attached hydrogen (secondary N) is 1. The van der Waals surface area contributed by atoms with Crippen molar-refractivity contribution in [2.24, 2.45) is 0 Å². The molecular weight excluding hydrogens is 249 g/mol. The zero-order valence-electron chi connectivity index (χ0n) is 9.64. The van der Waals surface area contributed by atoms with Gasteiger partial charge in [-0.3, -0.25) is 0 Å². The molecule has 90 valence electrons. The first-order chi connectivity index (χ1) is 8.70. The number of nitriles is 1. The normalized spacial score (nSPS) is 11.1. The van der Waals surface area contributed by atoms with Gasteiger partial charge in [-0.15, -0.1) is 11.3 Å². The van der Waals surface area contributed by atoms with Gasteiger partial charge in [-0.1, -0.05) is 12.1 Å². The molecule has 1 aromatic carbocycles. The summed E-state index contributed by atoms with van der Waals surface area (Å²) in [5.41, 5.74) is 1.58. The summed E-state index contributed by atoms with van der Waals surface area (Å²) in [6.45, 7) is 1.86. The molecule has 0 amide bonds. The molecule has 2 rings (SSSR count). The Labute approximate surface area is 108 Å². The van der Waals surface area contributed by atoms with E-state index >= 15 is 0 Å². The lowest BCUT2D eigenvalue weighted by Crippen LogP contribution is -1.93. The molecule has 0 saturated heterocycles. The van der Waals surface area contributed by atoms with Gasteiger partial charge in [-0.05, 0) is 19.1 Å². The molecule has 0 aliphatic carbocycles. The molecule has 0 atom stereocenters. The van der Waals surface area contributed by atoms with Crippen LogP contribution >= 0.6 is 11.3 Å². The standard InChI is InChI=1S/C13H10FN3S/c1-9-8-18-13(17-9)10(6-15)7-16-12-5-3-2-4-11(12)14/h2-5,7-8,16H,1H3/b10-7+. The molecule has 0 unspecified atom stereocenters. The number of aromatic nitrogens is 1. The highest BCUT2D eigenvalue weighted by Gasteiger charge is 2.05. The van der Waals surface area contributed by atoms with Crippen LogP contribution in [0.25, 0.3) is 5.57 Å². The zero-order valence-corrected chi connectivity index (χ0v) is 10.5. The highest BCUT2D eigenvalue weighted by Crippen LogP contribution is 2.19. The van der Waals surface area contributed by atoms with Gasteiger partial charge >= 0.3 is 0 Å². The van der Waals surface area contributed by atoms with Crippen LogP contribution in [0.5, 0.6) is 0 Å². The third kappa shape index (κ3) is 2.73. The van der Waals surface area contributed by atoms with Gasteiger partial charge in [0, 0.05) is 17.3 Å². The predicted octanol–water partition coefficient (Wildman–Crippen LogP) is 3.57. The molecule has 5 heteroatoms. The Morgan fingerprint density at radius 2 is 2.28 bits per heavy atom. The van der Waals surface area contributed by atoms with Crippen molar-refractivity contribution in [1.82, 2.24) is 4.98 Å². The van der Waals surface area contributed by atoms with Crippen LogP contribution in [0, 0.1) is 24.1 Å². The number of benzene rings is 1. The van der Waals surface area contributed by atoms with Gasteiger partial charge in [-0.25, -0.2) is 9.37 Å². The molecule has 0 bridgehead atoms. The van der Waals surface area contributed by atoms with Crippen molar-refractivity contribution in [2.75, 3.05) is 5.32 Å². The third-order valence-electron chi connectivity index (χ3n) is 2.22. The fourth-order valence-electron chi connectivity index (χ4n) is 1.35. The monoisotopic (exact) mass is 259 g/mol. The first kappa shape index (κ1) is 12.3. The van der Waals surface area contributed by atoms with E-state index in [1.54, 1.807) is 18.2 Å². The van der Waals surface area contributed by atoms with E-state index in [4.69, 9.17) is 5.26 Å². The number of nitrogens with zero attached hydrogens (tertiary/aromatic N) is 2. The van der Waals surface area contributed by atoms with Gasteiger partial charge in [0.15, 0.2) is 0 Å². The van der Waals surface area contributed by atoms with E-state index in [-0.39, 0.29) is 5.82 Å². The number of hydrogen-bond acceptors (Lipinski definition) is 4. The highest BCUT2D eigenvalue weighted by atomic mass is 32.1. The van der Waals surface area contributed by atoms with Crippen molar-refractivity contribution in [2.45, 2.75) is 6.92 Å². The molecule has 0 aliphatic heterocycles. The number of para-hydroxylation sites is 1. The minimum absolute atomic E-state index is 0.332. The van der Waals surface area contributed by atoms with Crippen LogP contribution in [0.3, 0.4) is 0 Å². The molecule has 1 heterocycles. The number of hydrogen-bond donors (Lipinski definition) is 1. The Bertz CT molecular complexity index is 625. The van der Waals surface area contributed by atoms with Crippen LogP contribution in [0.4, 0.5) is 10.1 Å². The van der Waals surface area contributed by atoms with E-state index in [9.17, 15) is 4.39 Å². The van der Waals surface area contributed by atoms with Crippen LogP contribution in [0.2, 0.25) is 0 Å². The number of halogens is 1. The van der Waals surface area contributed by atoms with Gasteiger partial charge < -0.3 is 5.32 Å². The SMILES string of the molecule is Cc1csc(/C(C#N)=C/Nc2ccccc2F)n1. The van der Waals surface area contributed by atoms with E-state index < -0.39 is 0 Å². The van der Waals surface area contributed by atoms with Gasteiger partial charge in [-0.2, -0.15) is 5.26 Å². The summed E-state index contributed by atoms with van der Waals surface area (Å²) in [5.74, 6) is -0.360. The molecule has 0 saturated carbocycles. The van der Waals surface area contributed by atoms with Gasteiger partial charge in [0.2, 0.25) is 0 Å². The molecular formula is C13H10FN3S. The Morgan fingerprint density at radius 1 is 1.50 bits per heavy atom. The Kier molecular flexibility index (Phi) is 3.70. The summed E-state index contributed by atoms with van der Waals surface area (Å²) in [7, 11) is 0. The first-order valence-electron chi connectivity index (χ1n) is 5.24. The molecule has 0 radical (unpaired) electrons. The van der Waals surface area contributed by atoms with Crippen LogP contribution in [0.15, 0.2) is 35.8 Å². The number of anilines is 1. The second kappa shape index (κ2) is 5.43. The largest absolute Gasteiger partial charge is 0.358 e. The molecule has 1 aromatic heterocycles. The Hall–Kier alpha value is -2.19. The minimum atomic E-state index is -0.360. The van der Waals surface area contributed by atoms with Gasteiger partial charge in [0.05, 0.1) is 5.69 Å². The van der Waals surface area contributed by atoms with E-state index in [1.165, 1.54) is 23.6 Å². The van der Waals surface area contributed by atoms with Crippen LogP contribution in [0.1, 0.15) is 10.7 Å². The average Bonchev–Trinajstić information content (AvgIpc) is 2.79. The van der Waals surface area contributed by atoms with E-state index in [0.29, 0.717) is 16.3 Å². The fourth-order valence-corrected chi connectivity index (χ4v) is 2.11. The summed E-state index contributed by atoms with van der Waals surface area (Å²) >= 11 is 1.39. The smallest absolute Gasteiger partial charge is 0.146 e. The lowest BCUT2D eigenvalue weighted by atomic mass is 10.3. The maximum Gasteiger partial charge on any atom is 0.146 e. The van der Waals surface area contributed by atoms with Crippen molar-refractivity contribution in [3.8, 4) is 6.07 Å². The molecule has 0 spiro atoms. The second-order valence-electron chi connectivity index (χ2n) is 3.59. The van der Waals surface area contributed by atoms with Gasteiger partial charge in [0.1, 0.15) is 22.5 Å². The molecule has 0 fully saturated rings. The number of thiazole rings is 1. The van der Waals surface area contributed by atoms with Crippen LogP contribution < -0.4 is 5.32 Å². The summed E-state index contributed by atoms with van der Waals surface area (Å²) < 4.78 is 13.4. The summed E-state index contributed by atoms with van der Waals surface area (Å²) in [6.07, 6.45) is 1.47. The molecule has 0 aliphatic rings. The lowest BCUT2D eigenvalue weighted by Gasteiger charge is -2.02. The van der Waals surface area contributed by atoms with Gasteiger partial charge in [0.25, 0.3) is 0 Å². The van der Waals surface area contributed by atoms with Crippen molar-refractivity contribution in [3.05, 3.63) is 52.4 Å². The van der Waals surface area contributed by atoms with E-state index in [1.807, 2.05) is 18.4 Å². The summed E-state index contributed by atoms with van der Waals surface area (Å²) in [4.78, 5) is 4.21. The van der Waals surface area contributed by atoms with E-state index in [2.05, 4.69) is 10.3 Å². The Balaban J connectivity index is 2.22. The van der Waals surface area contributed by atoms with Crippen LogP contribution in [-0.2, 0) is 0 Å². The van der Waals surface area contributed by atoms with Crippen molar-refractivity contribution in [3.63, 3.8) is 0 Å². The third-order valence-corrected chi connectivity index (χ3v) is 3.21. The fraction of sp³-hybridized carbons (Fsp3) is 0.0769. The van der Waals surface area contributed by atoms with Crippen molar-refractivity contribution < 1.29 is 4.39 Å². The summed E-state index contributed by atoms with van der Waals surface area (Å²) in [6, 6.07) is 8.34. The molecule has 18 heavy (non-hydrogen) atoms. The molecule has 1 N–H and O–H groups in total. The average molecular weight is 259 g/mol.